The molecule has 0 bridgehead atoms. The highest BCUT2D eigenvalue weighted by Crippen LogP contribution is 2.38. The molecule has 0 aliphatic carbocycles. The third kappa shape index (κ3) is 5.98. The van der Waals surface area contributed by atoms with Crippen molar-refractivity contribution >= 4 is 11.4 Å². The summed E-state index contributed by atoms with van der Waals surface area (Å²) in [6.07, 6.45) is -5.53. The van der Waals surface area contributed by atoms with Crippen LogP contribution in [0.3, 0.4) is 0 Å². The van der Waals surface area contributed by atoms with Gasteiger partial charge in [-0.25, -0.2) is 4.39 Å². The molecule has 1 unspecified atom stereocenters. The van der Waals surface area contributed by atoms with Crippen LogP contribution >= 0.6 is 0 Å². The number of nitrogens with one attached hydrogen (secondary N) is 1. The monoisotopic (exact) mass is 464 g/mol. The molecular weight excluding hydrogens is 444 g/mol. The zero-order valence-electron chi connectivity index (χ0n) is 17.4. The van der Waals surface area contributed by atoms with Crippen molar-refractivity contribution in [1.82, 2.24) is 0 Å². The van der Waals surface area contributed by atoms with Gasteiger partial charge in [0, 0.05) is 18.3 Å². The fourth-order valence-electron chi connectivity index (χ4n) is 3.24. The molecule has 0 fully saturated rings. The molecule has 0 aliphatic heterocycles. The van der Waals surface area contributed by atoms with Crippen molar-refractivity contribution < 1.29 is 32.3 Å². The first-order valence-electron chi connectivity index (χ1n) is 9.82. The molecule has 3 rings (SSSR count). The second-order valence-corrected chi connectivity index (χ2v) is 7.29. The SMILES string of the molecule is Cc1cc(NCC(O)COc2ccc([N+](=O)[O-])cc2F)ccc1-c1ccccc1C(F)(F)F. The van der Waals surface area contributed by atoms with Gasteiger partial charge in [-0.1, -0.05) is 24.3 Å². The summed E-state index contributed by atoms with van der Waals surface area (Å²) in [7, 11) is 0. The number of nitro groups is 1. The predicted molar refractivity (Wildman–Crippen MR) is 115 cm³/mol. The summed E-state index contributed by atoms with van der Waals surface area (Å²) in [5.41, 5.74) is 0.550. The number of nitrogens with zero attached hydrogens (tertiary/aromatic N) is 1. The first-order chi connectivity index (χ1) is 15.6. The summed E-state index contributed by atoms with van der Waals surface area (Å²) < 4.78 is 59.0. The minimum atomic E-state index is -4.48. The van der Waals surface area contributed by atoms with Crippen molar-refractivity contribution in [3.63, 3.8) is 0 Å². The van der Waals surface area contributed by atoms with E-state index in [1.54, 1.807) is 31.2 Å². The van der Waals surface area contributed by atoms with Crippen LogP contribution in [0.15, 0.2) is 60.7 Å². The highest BCUT2D eigenvalue weighted by Gasteiger charge is 2.33. The Labute approximate surface area is 186 Å². The minimum absolute atomic E-state index is 0.0204. The van der Waals surface area contributed by atoms with Gasteiger partial charge in [-0.15, -0.1) is 0 Å². The fraction of sp³-hybridized carbons (Fsp3) is 0.217. The number of aryl methyl sites for hydroxylation is 1. The lowest BCUT2D eigenvalue weighted by Gasteiger charge is -2.17. The van der Waals surface area contributed by atoms with E-state index in [0.717, 1.165) is 24.3 Å². The number of nitro benzene ring substituents is 1. The van der Waals surface area contributed by atoms with Crippen LogP contribution in [0.2, 0.25) is 0 Å². The van der Waals surface area contributed by atoms with Gasteiger partial charge in [-0.05, 0) is 47.9 Å². The van der Waals surface area contributed by atoms with E-state index in [2.05, 4.69) is 5.32 Å². The molecule has 0 radical (unpaired) electrons. The van der Waals surface area contributed by atoms with Crippen molar-refractivity contribution in [2.45, 2.75) is 19.2 Å². The number of halogens is 4. The van der Waals surface area contributed by atoms with E-state index in [-0.39, 0.29) is 24.5 Å². The Balaban J connectivity index is 1.62. The normalized spacial score (nSPS) is 12.3. The van der Waals surface area contributed by atoms with Crippen LogP contribution in [0.5, 0.6) is 5.75 Å². The summed E-state index contributed by atoms with van der Waals surface area (Å²) >= 11 is 0. The van der Waals surface area contributed by atoms with E-state index in [1.165, 1.54) is 12.1 Å². The average Bonchev–Trinajstić information content (AvgIpc) is 2.76. The van der Waals surface area contributed by atoms with Crippen molar-refractivity contribution in [3.8, 4) is 16.9 Å². The number of hydrogen-bond acceptors (Lipinski definition) is 5. The summed E-state index contributed by atoms with van der Waals surface area (Å²) in [6.45, 7) is 1.43. The van der Waals surface area contributed by atoms with Crippen LogP contribution in [-0.4, -0.2) is 29.3 Å². The Kier molecular flexibility index (Phi) is 7.17. The van der Waals surface area contributed by atoms with Gasteiger partial charge >= 0.3 is 6.18 Å². The summed E-state index contributed by atoms with van der Waals surface area (Å²) in [6, 6.07) is 13.1. The number of alkyl halides is 3. The molecule has 6 nitrogen and oxygen atoms in total. The lowest BCUT2D eigenvalue weighted by atomic mass is 9.95. The lowest BCUT2D eigenvalue weighted by molar-refractivity contribution is -0.385. The van der Waals surface area contributed by atoms with Crippen molar-refractivity contribution in [2.75, 3.05) is 18.5 Å². The van der Waals surface area contributed by atoms with Crippen LogP contribution in [0.1, 0.15) is 11.1 Å². The number of non-ortho nitro benzene ring substituents is 1. The topological polar surface area (TPSA) is 84.6 Å². The van der Waals surface area contributed by atoms with Crippen LogP contribution < -0.4 is 10.1 Å². The molecule has 1 atom stereocenters. The number of ether oxygens (including phenoxy) is 1. The number of benzene rings is 3. The zero-order chi connectivity index (χ0) is 24.2. The largest absolute Gasteiger partial charge is 0.488 e. The molecule has 33 heavy (non-hydrogen) atoms. The Morgan fingerprint density at radius 1 is 1.09 bits per heavy atom. The van der Waals surface area contributed by atoms with E-state index >= 15 is 0 Å². The van der Waals surface area contributed by atoms with E-state index in [0.29, 0.717) is 16.8 Å². The van der Waals surface area contributed by atoms with Crippen molar-refractivity contribution in [1.29, 1.82) is 0 Å². The molecule has 10 heteroatoms. The molecule has 0 saturated carbocycles. The molecule has 0 aliphatic rings. The third-order valence-corrected chi connectivity index (χ3v) is 4.85. The second kappa shape index (κ2) is 9.86. The Morgan fingerprint density at radius 3 is 2.45 bits per heavy atom. The number of anilines is 1. The molecular formula is C23H20F4N2O4. The standard InChI is InChI=1S/C23H20F4N2O4/c1-14-10-15(6-8-18(14)19-4-2-3-5-20(19)23(25,26)27)28-12-17(30)13-33-22-9-7-16(29(31)32)11-21(22)24/h2-11,17,28,30H,12-13H2,1H3. The van der Waals surface area contributed by atoms with Gasteiger partial charge in [0.05, 0.1) is 16.6 Å². The highest BCUT2D eigenvalue weighted by molar-refractivity contribution is 5.73. The van der Waals surface area contributed by atoms with E-state index in [9.17, 15) is 32.8 Å². The van der Waals surface area contributed by atoms with Gasteiger partial charge in [0.1, 0.15) is 12.7 Å². The van der Waals surface area contributed by atoms with Gasteiger partial charge in [-0.2, -0.15) is 13.2 Å². The smallest absolute Gasteiger partial charge is 0.417 e. The second-order valence-electron chi connectivity index (χ2n) is 7.29. The number of hydrogen-bond donors (Lipinski definition) is 2. The predicted octanol–water partition coefficient (Wildman–Crippen LogP) is 5.58. The molecule has 0 heterocycles. The zero-order valence-corrected chi connectivity index (χ0v) is 17.4. The Hall–Kier alpha value is -3.66. The lowest BCUT2D eigenvalue weighted by Crippen LogP contribution is -2.26. The van der Waals surface area contributed by atoms with Gasteiger partial charge in [0.25, 0.3) is 5.69 Å². The van der Waals surface area contributed by atoms with Crippen LogP contribution in [0.4, 0.5) is 28.9 Å². The maximum Gasteiger partial charge on any atom is 0.417 e. The maximum absolute atomic E-state index is 13.8. The minimum Gasteiger partial charge on any atom is -0.488 e. The van der Waals surface area contributed by atoms with Gasteiger partial charge in [-0.3, -0.25) is 10.1 Å². The van der Waals surface area contributed by atoms with E-state index in [4.69, 9.17) is 4.74 Å². The van der Waals surface area contributed by atoms with E-state index < -0.39 is 34.3 Å². The first kappa shape index (κ1) is 24.0. The molecule has 0 aromatic heterocycles. The van der Waals surface area contributed by atoms with Gasteiger partial charge in [0.2, 0.25) is 0 Å². The van der Waals surface area contributed by atoms with Crippen LogP contribution in [0.25, 0.3) is 11.1 Å². The van der Waals surface area contributed by atoms with Crippen LogP contribution in [0, 0.1) is 22.9 Å². The average molecular weight is 464 g/mol. The van der Waals surface area contributed by atoms with Gasteiger partial charge < -0.3 is 15.2 Å². The first-order valence-corrected chi connectivity index (χ1v) is 9.82. The maximum atomic E-state index is 13.8. The van der Waals surface area contributed by atoms with Gasteiger partial charge in [0.15, 0.2) is 11.6 Å². The number of aliphatic hydroxyl groups excluding tert-OH is 1. The molecule has 0 amide bonds. The summed E-state index contributed by atoms with van der Waals surface area (Å²) in [4.78, 5) is 9.90. The molecule has 3 aromatic carbocycles. The summed E-state index contributed by atoms with van der Waals surface area (Å²) in [5.74, 6) is -1.15. The Morgan fingerprint density at radius 2 is 1.82 bits per heavy atom. The molecule has 174 valence electrons. The van der Waals surface area contributed by atoms with E-state index in [1.807, 2.05) is 0 Å². The molecule has 0 saturated heterocycles. The fourth-order valence-corrected chi connectivity index (χ4v) is 3.24. The highest BCUT2D eigenvalue weighted by atomic mass is 19.4. The van der Waals surface area contributed by atoms with Crippen molar-refractivity contribution in [2.24, 2.45) is 0 Å². The quantitative estimate of drug-likeness (QED) is 0.258. The van der Waals surface area contributed by atoms with Crippen LogP contribution in [-0.2, 0) is 6.18 Å². The molecule has 3 aromatic rings. The number of aliphatic hydroxyl groups is 1. The van der Waals surface area contributed by atoms with Crippen molar-refractivity contribution in [3.05, 3.63) is 87.7 Å². The molecule has 0 spiro atoms. The third-order valence-electron chi connectivity index (χ3n) is 4.85. The molecule has 2 N–H and O–H groups in total. The summed E-state index contributed by atoms with van der Waals surface area (Å²) in [5, 5.41) is 23.7. The number of rotatable bonds is 8. The Bertz CT molecular complexity index is 1150.